The van der Waals surface area contributed by atoms with Gasteiger partial charge in [0.05, 0.1) is 22.9 Å². The van der Waals surface area contributed by atoms with Crippen molar-refractivity contribution in [3.05, 3.63) is 57.3 Å². The monoisotopic (exact) mass is 407 g/mol. The molecule has 0 bridgehead atoms. The number of aryl methyl sites for hydroxylation is 2. The van der Waals surface area contributed by atoms with Gasteiger partial charge in [-0.3, -0.25) is 4.79 Å². The minimum atomic E-state index is -0.579. The first-order valence-electron chi connectivity index (χ1n) is 8.42. The number of nitrogens with zero attached hydrogens (tertiary/aromatic N) is 2. The molecule has 1 heterocycles. The van der Waals surface area contributed by atoms with Crippen LogP contribution in [0.2, 0.25) is 5.02 Å². The summed E-state index contributed by atoms with van der Waals surface area (Å²) in [4.78, 5) is 16.7. The Kier molecular flexibility index (Phi) is 5.92. The average Bonchev–Trinajstić information content (AvgIpc) is 2.65. The molecular formula is C19H19ClFN3O2S. The molecule has 0 aliphatic heterocycles. The molecule has 3 aromatic rings. The highest BCUT2D eigenvalue weighted by Gasteiger charge is 2.17. The molecule has 0 aliphatic rings. The molecule has 0 radical (unpaired) electrons. The lowest BCUT2D eigenvalue weighted by Gasteiger charge is -2.15. The molecule has 2 aromatic carbocycles. The summed E-state index contributed by atoms with van der Waals surface area (Å²) >= 11 is 7.84. The standard InChI is InChI=1S/C19H19ClFN3O2S/c1-4-9-27-23-14-6-5-12(21)18(17(14)20)26-15-8-7-13-16(11(15)2)19(25)24(3)10-22-13/h5-8,10,23H,4,9H2,1-3H3. The van der Waals surface area contributed by atoms with E-state index >= 15 is 0 Å². The summed E-state index contributed by atoms with van der Waals surface area (Å²) in [5, 5.41) is 0.582. The van der Waals surface area contributed by atoms with E-state index < -0.39 is 5.82 Å². The van der Waals surface area contributed by atoms with Gasteiger partial charge in [0.15, 0.2) is 11.6 Å². The summed E-state index contributed by atoms with van der Waals surface area (Å²) in [5.41, 5.74) is 1.51. The molecule has 0 fully saturated rings. The topological polar surface area (TPSA) is 56.1 Å². The maximum atomic E-state index is 14.4. The van der Waals surface area contributed by atoms with Crippen LogP contribution in [0.1, 0.15) is 18.9 Å². The summed E-state index contributed by atoms with van der Waals surface area (Å²) in [6.45, 7) is 3.81. The van der Waals surface area contributed by atoms with Crippen molar-refractivity contribution >= 4 is 40.1 Å². The number of ether oxygens (including phenoxy) is 1. The minimum absolute atomic E-state index is 0.0815. The summed E-state index contributed by atoms with van der Waals surface area (Å²) in [6.07, 6.45) is 2.46. The van der Waals surface area contributed by atoms with Crippen LogP contribution < -0.4 is 15.0 Å². The highest BCUT2D eigenvalue weighted by molar-refractivity contribution is 8.00. The predicted molar refractivity (Wildman–Crippen MR) is 110 cm³/mol. The van der Waals surface area contributed by atoms with Gasteiger partial charge in [-0.25, -0.2) is 9.37 Å². The fourth-order valence-electron chi connectivity index (χ4n) is 2.59. The number of benzene rings is 2. The number of halogens is 2. The zero-order valence-corrected chi connectivity index (χ0v) is 16.7. The third kappa shape index (κ3) is 3.89. The van der Waals surface area contributed by atoms with Crippen molar-refractivity contribution in [2.45, 2.75) is 20.3 Å². The zero-order chi connectivity index (χ0) is 19.6. The summed E-state index contributed by atoms with van der Waals surface area (Å²) in [5.74, 6) is 0.586. The molecule has 27 heavy (non-hydrogen) atoms. The first-order chi connectivity index (χ1) is 12.9. The first-order valence-corrected chi connectivity index (χ1v) is 9.79. The van der Waals surface area contributed by atoms with Crippen molar-refractivity contribution in [1.29, 1.82) is 0 Å². The highest BCUT2D eigenvalue weighted by Crippen LogP contribution is 2.39. The average molecular weight is 408 g/mol. The fraction of sp³-hybridized carbons (Fsp3) is 0.263. The van der Waals surface area contributed by atoms with E-state index in [0.717, 1.165) is 12.2 Å². The van der Waals surface area contributed by atoms with Gasteiger partial charge in [-0.05, 0) is 37.6 Å². The summed E-state index contributed by atoms with van der Waals surface area (Å²) < 4.78 is 24.7. The molecule has 0 spiro atoms. The maximum absolute atomic E-state index is 14.4. The van der Waals surface area contributed by atoms with Crippen LogP contribution in [-0.4, -0.2) is 15.3 Å². The third-order valence-corrected chi connectivity index (χ3v) is 5.40. The number of fused-ring (bicyclic) bond motifs is 1. The SMILES string of the molecule is CCCSNc1ccc(F)c(Oc2ccc3ncn(C)c(=O)c3c2C)c1Cl. The second-order valence-corrected chi connectivity index (χ2v) is 7.31. The van der Waals surface area contributed by atoms with Crippen molar-refractivity contribution in [2.24, 2.45) is 7.05 Å². The Bertz CT molecular complexity index is 1060. The largest absolute Gasteiger partial charge is 0.452 e. The van der Waals surface area contributed by atoms with Crippen molar-refractivity contribution in [2.75, 3.05) is 10.5 Å². The molecule has 0 amide bonds. The van der Waals surface area contributed by atoms with Gasteiger partial charge in [0, 0.05) is 18.4 Å². The van der Waals surface area contributed by atoms with E-state index in [-0.39, 0.29) is 16.3 Å². The Labute approximate surface area is 165 Å². The van der Waals surface area contributed by atoms with Crippen LogP contribution >= 0.6 is 23.5 Å². The van der Waals surface area contributed by atoms with E-state index in [4.69, 9.17) is 16.3 Å². The lowest BCUT2D eigenvalue weighted by atomic mass is 10.1. The van der Waals surface area contributed by atoms with E-state index in [0.29, 0.717) is 27.9 Å². The molecular weight excluding hydrogens is 389 g/mol. The smallest absolute Gasteiger partial charge is 0.261 e. The second-order valence-electron chi connectivity index (χ2n) is 6.03. The number of aromatic nitrogens is 2. The Hall–Kier alpha value is -2.25. The lowest BCUT2D eigenvalue weighted by molar-refractivity contribution is 0.441. The predicted octanol–water partition coefficient (Wildman–Crippen LogP) is 5.30. The molecule has 1 aromatic heterocycles. The van der Waals surface area contributed by atoms with Crippen LogP contribution in [0, 0.1) is 12.7 Å². The molecule has 142 valence electrons. The van der Waals surface area contributed by atoms with E-state index in [1.807, 2.05) is 0 Å². The molecule has 0 aliphatic carbocycles. The van der Waals surface area contributed by atoms with Gasteiger partial charge in [-0.15, -0.1) is 0 Å². The zero-order valence-electron chi connectivity index (χ0n) is 15.2. The second kappa shape index (κ2) is 8.19. The summed E-state index contributed by atoms with van der Waals surface area (Å²) in [7, 11) is 1.63. The van der Waals surface area contributed by atoms with Gasteiger partial charge >= 0.3 is 0 Å². The fourth-order valence-corrected chi connectivity index (χ4v) is 3.52. The number of anilines is 1. The Morgan fingerprint density at radius 3 is 2.85 bits per heavy atom. The van der Waals surface area contributed by atoms with Crippen molar-refractivity contribution in [1.82, 2.24) is 9.55 Å². The van der Waals surface area contributed by atoms with Gasteiger partial charge in [0.2, 0.25) is 0 Å². The van der Waals surface area contributed by atoms with Crippen LogP contribution in [0.3, 0.4) is 0 Å². The Morgan fingerprint density at radius 1 is 1.33 bits per heavy atom. The number of hydrogen-bond donors (Lipinski definition) is 1. The van der Waals surface area contributed by atoms with E-state index in [1.165, 1.54) is 28.9 Å². The molecule has 5 nitrogen and oxygen atoms in total. The molecule has 8 heteroatoms. The highest BCUT2D eigenvalue weighted by atomic mass is 35.5. The van der Waals surface area contributed by atoms with Crippen molar-refractivity contribution < 1.29 is 9.13 Å². The minimum Gasteiger partial charge on any atom is -0.452 e. The van der Waals surface area contributed by atoms with Gasteiger partial charge in [0.25, 0.3) is 5.56 Å². The van der Waals surface area contributed by atoms with Crippen molar-refractivity contribution in [3.8, 4) is 11.5 Å². The first kappa shape index (κ1) is 19.5. The van der Waals surface area contributed by atoms with E-state index in [2.05, 4.69) is 16.6 Å². The lowest BCUT2D eigenvalue weighted by Crippen LogP contribution is -2.18. The molecule has 0 saturated carbocycles. The van der Waals surface area contributed by atoms with Gasteiger partial charge in [-0.2, -0.15) is 0 Å². The molecule has 3 rings (SSSR count). The third-order valence-electron chi connectivity index (χ3n) is 4.05. The van der Waals surface area contributed by atoms with Crippen LogP contribution in [0.15, 0.2) is 35.4 Å². The molecule has 1 N–H and O–H groups in total. The van der Waals surface area contributed by atoms with E-state index in [1.54, 1.807) is 32.2 Å². The van der Waals surface area contributed by atoms with E-state index in [9.17, 15) is 9.18 Å². The van der Waals surface area contributed by atoms with Gasteiger partial charge in [-0.1, -0.05) is 30.5 Å². The van der Waals surface area contributed by atoms with Gasteiger partial charge < -0.3 is 14.0 Å². The Morgan fingerprint density at radius 2 is 2.11 bits per heavy atom. The quantitative estimate of drug-likeness (QED) is 0.444. The van der Waals surface area contributed by atoms with Crippen molar-refractivity contribution in [3.63, 3.8) is 0 Å². The molecule has 0 unspecified atom stereocenters. The maximum Gasteiger partial charge on any atom is 0.261 e. The Balaban J connectivity index is 2.02. The molecule has 0 saturated heterocycles. The number of nitrogens with one attached hydrogen (secondary N) is 1. The summed E-state index contributed by atoms with van der Waals surface area (Å²) in [6, 6.07) is 6.20. The number of rotatable bonds is 6. The molecule has 0 atom stereocenters. The van der Waals surface area contributed by atoms with Crippen LogP contribution in [0.4, 0.5) is 10.1 Å². The van der Waals surface area contributed by atoms with Gasteiger partial charge in [0.1, 0.15) is 10.8 Å². The van der Waals surface area contributed by atoms with Crippen LogP contribution in [-0.2, 0) is 7.05 Å². The van der Waals surface area contributed by atoms with Crippen LogP contribution in [0.5, 0.6) is 11.5 Å². The number of hydrogen-bond acceptors (Lipinski definition) is 5. The normalized spacial score (nSPS) is 11.0. The van der Waals surface area contributed by atoms with Crippen LogP contribution in [0.25, 0.3) is 10.9 Å².